The first-order valence-electron chi connectivity index (χ1n) is 4.22. The topological polar surface area (TPSA) is 55.2 Å². The molecule has 4 nitrogen and oxygen atoms in total. The van der Waals surface area contributed by atoms with Crippen molar-refractivity contribution < 1.29 is 9.31 Å². The normalized spacial score (nSPS) is 9.20. The number of hydrogen-bond donors (Lipinski definition) is 1. The van der Waals surface area contributed by atoms with Crippen molar-refractivity contribution in [3.8, 4) is 11.8 Å². The first-order chi connectivity index (χ1) is 7.15. The Balaban J connectivity index is 3.09. The molecule has 0 heterocycles. The van der Waals surface area contributed by atoms with Crippen molar-refractivity contribution in [2.24, 2.45) is 0 Å². The van der Waals surface area contributed by atoms with Crippen LogP contribution in [0.25, 0.3) is 0 Å². The Morgan fingerprint density at radius 3 is 2.93 bits per heavy atom. The van der Waals surface area contributed by atoms with Crippen LogP contribution in [0.15, 0.2) is 18.2 Å². The van der Waals surface area contributed by atoms with Crippen LogP contribution in [0, 0.1) is 27.8 Å². The number of nitro benzene ring substituents is 1. The molecule has 0 unspecified atom stereocenters. The maximum Gasteiger partial charge on any atom is 0.285 e. The van der Waals surface area contributed by atoms with Crippen LogP contribution in [0.2, 0.25) is 0 Å². The molecule has 0 spiro atoms. The fourth-order valence-corrected chi connectivity index (χ4v) is 0.995. The summed E-state index contributed by atoms with van der Waals surface area (Å²) in [6.45, 7) is 0.396. The first kappa shape index (κ1) is 11.1. The molecule has 15 heavy (non-hydrogen) atoms. The van der Waals surface area contributed by atoms with Gasteiger partial charge in [0, 0.05) is 6.07 Å². The van der Waals surface area contributed by atoms with Crippen LogP contribution in [0.1, 0.15) is 5.56 Å². The molecule has 78 valence electrons. The molecule has 0 saturated carbocycles. The molecule has 0 aliphatic rings. The monoisotopic (exact) mass is 208 g/mol. The van der Waals surface area contributed by atoms with Gasteiger partial charge in [-0.25, -0.2) is 4.39 Å². The summed E-state index contributed by atoms with van der Waals surface area (Å²) in [6, 6.07) is 3.21. The quantitative estimate of drug-likeness (QED) is 0.453. The smallest absolute Gasteiger partial charge is 0.285 e. The van der Waals surface area contributed by atoms with Gasteiger partial charge in [-0.05, 0) is 19.2 Å². The highest BCUT2D eigenvalue weighted by molar-refractivity contribution is 5.51. The Morgan fingerprint density at radius 1 is 1.60 bits per heavy atom. The zero-order chi connectivity index (χ0) is 11.3. The second-order valence-electron chi connectivity index (χ2n) is 2.75. The van der Waals surface area contributed by atoms with Gasteiger partial charge in [0.1, 0.15) is 11.4 Å². The number of benzene rings is 1. The summed E-state index contributed by atoms with van der Waals surface area (Å²) in [5, 5.41) is 13.3. The van der Waals surface area contributed by atoms with Crippen LogP contribution >= 0.6 is 0 Å². The van der Waals surface area contributed by atoms with Crippen molar-refractivity contribution in [2.45, 2.75) is 0 Å². The van der Waals surface area contributed by atoms with E-state index in [2.05, 4.69) is 17.2 Å². The van der Waals surface area contributed by atoms with Gasteiger partial charge in [-0.3, -0.25) is 10.1 Å². The highest BCUT2D eigenvalue weighted by Gasteiger charge is 2.11. The number of rotatable bonds is 2. The summed E-state index contributed by atoms with van der Waals surface area (Å²) < 4.78 is 12.8. The van der Waals surface area contributed by atoms with E-state index in [1.54, 1.807) is 7.05 Å². The lowest BCUT2D eigenvalue weighted by atomic mass is 10.2. The van der Waals surface area contributed by atoms with Gasteiger partial charge in [0.25, 0.3) is 5.69 Å². The molecule has 0 aliphatic heterocycles. The lowest BCUT2D eigenvalue weighted by Crippen LogP contribution is -2.04. The van der Waals surface area contributed by atoms with Crippen LogP contribution < -0.4 is 5.32 Å². The molecule has 0 amide bonds. The zero-order valence-corrected chi connectivity index (χ0v) is 8.08. The van der Waals surface area contributed by atoms with E-state index in [-0.39, 0.29) is 11.3 Å². The molecule has 1 aromatic carbocycles. The molecule has 0 fully saturated rings. The maximum atomic E-state index is 12.8. The molecule has 0 radical (unpaired) electrons. The minimum Gasteiger partial charge on any atom is -0.309 e. The van der Waals surface area contributed by atoms with Crippen molar-refractivity contribution in [1.29, 1.82) is 0 Å². The average Bonchev–Trinajstić information content (AvgIpc) is 2.18. The predicted octanol–water partition coefficient (Wildman–Crippen LogP) is 1.30. The van der Waals surface area contributed by atoms with E-state index in [0.29, 0.717) is 6.54 Å². The molecule has 1 N–H and O–H groups in total. The van der Waals surface area contributed by atoms with E-state index in [1.165, 1.54) is 0 Å². The van der Waals surface area contributed by atoms with E-state index in [0.717, 1.165) is 18.2 Å². The van der Waals surface area contributed by atoms with E-state index < -0.39 is 10.7 Å². The van der Waals surface area contributed by atoms with Gasteiger partial charge in [-0.15, -0.1) is 0 Å². The largest absolute Gasteiger partial charge is 0.309 e. The van der Waals surface area contributed by atoms with Gasteiger partial charge in [0.2, 0.25) is 0 Å². The lowest BCUT2D eigenvalue weighted by Gasteiger charge is -1.95. The number of nitrogens with zero attached hydrogens (tertiary/aromatic N) is 1. The van der Waals surface area contributed by atoms with Crippen molar-refractivity contribution >= 4 is 5.69 Å². The van der Waals surface area contributed by atoms with Crippen LogP contribution in [0.3, 0.4) is 0 Å². The number of nitro groups is 1. The van der Waals surface area contributed by atoms with Gasteiger partial charge in [0.15, 0.2) is 0 Å². The van der Waals surface area contributed by atoms with Gasteiger partial charge < -0.3 is 5.32 Å². The molecule has 0 saturated heterocycles. The first-order valence-corrected chi connectivity index (χ1v) is 4.22. The highest BCUT2D eigenvalue weighted by Crippen LogP contribution is 2.17. The number of hydrogen-bond acceptors (Lipinski definition) is 3. The molecule has 0 aliphatic carbocycles. The number of halogens is 1. The fourth-order valence-electron chi connectivity index (χ4n) is 0.995. The second-order valence-corrected chi connectivity index (χ2v) is 2.75. The van der Waals surface area contributed by atoms with Crippen molar-refractivity contribution in [3.63, 3.8) is 0 Å². The third kappa shape index (κ3) is 3.04. The summed E-state index contributed by atoms with van der Waals surface area (Å²) in [4.78, 5) is 9.98. The molecule has 0 atom stereocenters. The van der Waals surface area contributed by atoms with E-state index in [1.807, 2.05) is 0 Å². The van der Waals surface area contributed by atoms with Gasteiger partial charge in [0.05, 0.1) is 11.5 Å². The summed E-state index contributed by atoms with van der Waals surface area (Å²) in [5.74, 6) is 4.65. The Hall–Kier alpha value is -1.93. The summed E-state index contributed by atoms with van der Waals surface area (Å²) in [6.07, 6.45) is 0. The summed E-state index contributed by atoms with van der Waals surface area (Å²) >= 11 is 0. The van der Waals surface area contributed by atoms with Gasteiger partial charge >= 0.3 is 0 Å². The fraction of sp³-hybridized carbons (Fsp3) is 0.200. The van der Waals surface area contributed by atoms with E-state index in [4.69, 9.17) is 0 Å². The summed E-state index contributed by atoms with van der Waals surface area (Å²) in [5.41, 5.74) is -0.0877. The Bertz CT molecular complexity index is 435. The second kappa shape index (κ2) is 5.08. The predicted molar refractivity (Wildman–Crippen MR) is 53.9 cm³/mol. The average molecular weight is 208 g/mol. The Labute approximate surface area is 86.3 Å². The van der Waals surface area contributed by atoms with E-state index >= 15 is 0 Å². The molecular weight excluding hydrogens is 199 g/mol. The van der Waals surface area contributed by atoms with Gasteiger partial charge in [-0.2, -0.15) is 0 Å². The Kier molecular flexibility index (Phi) is 3.77. The molecule has 0 bridgehead atoms. The molecule has 1 rings (SSSR count). The highest BCUT2D eigenvalue weighted by atomic mass is 19.1. The van der Waals surface area contributed by atoms with Crippen LogP contribution in [0.4, 0.5) is 10.1 Å². The van der Waals surface area contributed by atoms with Crippen molar-refractivity contribution in [1.82, 2.24) is 5.32 Å². The minimum absolute atomic E-state index is 0.0928. The van der Waals surface area contributed by atoms with Crippen molar-refractivity contribution in [2.75, 3.05) is 13.6 Å². The summed E-state index contributed by atoms with van der Waals surface area (Å²) in [7, 11) is 1.70. The van der Waals surface area contributed by atoms with Crippen LogP contribution in [-0.2, 0) is 0 Å². The van der Waals surface area contributed by atoms with Gasteiger partial charge in [-0.1, -0.05) is 11.8 Å². The van der Waals surface area contributed by atoms with Crippen LogP contribution in [-0.4, -0.2) is 18.5 Å². The lowest BCUT2D eigenvalue weighted by molar-refractivity contribution is -0.385. The van der Waals surface area contributed by atoms with Crippen molar-refractivity contribution in [3.05, 3.63) is 39.7 Å². The van der Waals surface area contributed by atoms with Crippen LogP contribution in [0.5, 0.6) is 0 Å². The SMILES string of the molecule is CNCC#Cc1cc(F)ccc1[N+](=O)[O-]. The molecule has 0 aromatic heterocycles. The third-order valence-corrected chi connectivity index (χ3v) is 1.64. The molecule has 5 heteroatoms. The Morgan fingerprint density at radius 2 is 2.33 bits per heavy atom. The standard InChI is InChI=1S/C10H9FN2O2/c1-12-6-2-3-8-7-9(11)4-5-10(8)13(14)15/h4-5,7,12H,6H2,1H3. The molecular formula is C10H9FN2O2. The number of nitrogens with one attached hydrogen (secondary N) is 1. The molecule has 1 aromatic rings. The van der Waals surface area contributed by atoms with E-state index in [9.17, 15) is 14.5 Å². The maximum absolute atomic E-state index is 12.8. The minimum atomic E-state index is -0.581. The third-order valence-electron chi connectivity index (χ3n) is 1.64. The zero-order valence-electron chi connectivity index (χ0n) is 8.08.